The summed E-state index contributed by atoms with van der Waals surface area (Å²) in [7, 11) is 1.65. The van der Waals surface area contributed by atoms with Gasteiger partial charge in [0.1, 0.15) is 11.6 Å². The van der Waals surface area contributed by atoms with Crippen molar-refractivity contribution in [3.05, 3.63) is 87.7 Å². The van der Waals surface area contributed by atoms with Crippen molar-refractivity contribution in [2.24, 2.45) is 0 Å². The van der Waals surface area contributed by atoms with Crippen LogP contribution in [0.4, 0.5) is 24.8 Å². The summed E-state index contributed by atoms with van der Waals surface area (Å²) < 4.78 is 49.7. The molecule has 0 aliphatic rings. The highest BCUT2D eigenvalue weighted by molar-refractivity contribution is 5.89. The average Bonchev–Trinajstić information content (AvgIpc) is 3.15. The SMILES string of the molecule is COCCn1ccc2c(C)c(Nc3nc(=O)c(F)cn3Cc3cc(F)cc(F)c3)ccc21. The molecule has 0 aliphatic carbocycles. The molecule has 0 aliphatic heterocycles. The van der Waals surface area contributed by atoms with Gasteiger partial charge in [-0.15, -0.1) is 0 Å². The number of halogens is 3. The molecule has 0 fully saturated rings. The number of methoxy groups -OCH3 is 1. The number of benzene rings is 2. The zero-order chi connectivity index (χ0) is 22.8. The fraction of sp³-hybridized carbons (Fsp3) is 0.217. The van der Waals surface area contributed by atoms with E-state index in [9.17, 15) is 18.0 Å². The van der Waals surface area contributed by atoms with Gasteiger partial charge in [-0.25, -0.2) is 8.78 Å². The Hall–Kier alpha value is -3.59. The van der Waals surface area contributed by atoms with Gasteiger partial charge in [0.2, 0.25) is 11.8 Å². The molecule has 4 aromatic rings. The molecule has 0 bridgehead atoms. The first kappa shape index (κ1) is 21.6. The van der Waals surface area contributed by atoms with Crippen molar-refractivity contribution in [3.8, 4) is 0 Å². The van der Waals surface area contributed by atoms with E-state index in [1.165, 1.54) is 4.57 Å². The fourth-order valence-electron chi connectivity index (χ4n) is 3.65. The minimum absolute atomic E-state index is 0.0577. The van der Waals surface area contributed by atoms with E-state index in [0.29, 0.717) is 18.8 Å². The van der Waals surface area contributed by atoms with Gasteiger partial charge in [0.05, 0.1) is 13.2 Å². The topological polar surface area (TPSA) is 61.1 Å². The summed E-state index contributed by atoms with van der Waals surface area (Å²) in [6.07, 6.45) is 2.93. The third kappa shape index (κ3) is 4.38. The molecule has 6 nitrogen and oxygen atoms in total. The Morgan fingerprint density at radius 2 is 1.81 bits per heavy atom. The highest BCUT2D eigenvalue weighted by atomic mass is 19.1. The van der Waals surface area contributed by atoms with Crippen molar-refractivity contribution in [2.75, 3.05) is 19.0 Å². The maximum atomic E-state index is 14.0. The molecule has 9 heteroatoms. The van der Waals surface area contributed by atoms with E-state index in [4.69, 9.17) is 4.74 Å². The monoisotopic (exact) mass is 442 g/mol. The van der Waals surface area contributed by atoms with Crippen LogP contribution >= 0.6 is 0 Å². The molecule has 2 aromatic heterocycles. The van der Waals surface area contributed by atoms with Gasteiger partial charge in [-0.05, 0) is 48.4 Å². The number of aryl methyl sites for hydroxylation is 1. The summed E-state index contributed by atoms with van der Waals surface area (Å²) in [5, 5.41) is 4.06. The lowest BCUT2D eigenvalue weighted by atomic mass is 10.1. The highest BCUT2D eigenvalue weighted by Gasteiger charge is 2.13. The fourth-order valence-corrected chi connectivity index (χ4v) is 3.65. The molecule has 0 unspecified atom stereocenters. The second kappa shape index (κ2) is 8.88. The van der Waals surface area contributed by atoms with Crippen molar-refractivity contribution in [2.45, 2.75) is 20.0 Å². The average molecular weight is 442 g/mol. The van der Waals surface area contributed by atoms with Gasteiger partial charge in [0.25, 0.3) is 0 Å². The quantitative estimate of drug-likeness (QED) is 0.462. The summed E-state index contributed by atoms with van der Waals surface area (Å²) in [4.78, 5) is 15.7. The van der Waals surface area contributed by atoms with Crippen molar-refractivity contribution in [1.29, 1.82) is 0 Å². The molecule has 0 saturated carbocycles. The van der Waals surface area contributed by atoms with Gasteiger partial charge >= 0.3 is 5.56 Å². The van der Waals surface area contributed by atoms with Gasteiger partial charge < -0.3 is 19.2 Å². The number of hydrogen-bond donors (Lipinski definition) is 1. The zero-order valence-electron chi connectivity index (χ0n) is 17.5. The lowest BCUT2D eigenvalue weighted by molar-refractivity contribution is 0.188. The third-order valence-corrected chi connectivity index (χ3v) is 5.23. The van der Waals surface area contributed by atoms with Crippen LogP contribution in [0.25, 0.3) is 10.9 Å². The van der Waals surface area contributed by atoms with Crippen molar-refractivity contribution >= 4 is 22.5 Å². The van der Waals surface area contributed by atoms with Gasteiger partial charge in [0.15, 0.2) is 0 Å². The van der Waals surface area contributed by atoms with Crippen LogP contribution in [0.5, 0.6) is 0 Å². The minimum Gasteiger partial charge on any atom is -0.383 e. The second-order valence-corrected chi connectivity index (χ2v) is 7.42. The van der Waals surface area contributed by atoms with E-state index >= 15 is 0 Å². The molecular formula is C23H21F3N4O2. The van der Waals surface area contributed by atoms with Crippen LogP contribution in [0.3, 0.4) is 0 Å². The molecule has 2 heterocycles. The summed E-state index contributed by atoms with van der Waals surface area (Å²) >= 11 is 0. The first-order valence-electron chi connectivity index (χ1n) is 9.92. The first-order valence-corrected chi connectivity index (χ1v) is 9.92. The Balaban J connectivity index is 1.71. The normalized spacial score (nSPS) is 11.3. The summed E-state index contributed by atoms with van der Waals surface area (Å²) in [6, 6.07) is 8.78. The minimum atomic E-state index is -1.06. The maximum absolute atomic E-state index is 14.0. The number of rotatable bonds is 7. The molecule has 0 saturated heterocycles. The van der Waals surface area contributed by atoms with Crippen molar-refractivity contribution in [1.82, 2.24) is 14.1 Å². The molecule has 166 valence electrons. The smallest absolute Gasteiger partial charge is 0.310 e. The molecular weight excluding hydrogens is 421 g/mol. The van der Waals surface area contributed by atoms with E-state index in [2.05, 4.69) is 14.9 Å². The molecule has 4 rings (SSSR count). The van der Waals surface area contributed by atoms with Crippen molar-refractivity contribution in [3.63, 3.8) is 0 Å². The first-order chi connectivity index (χ1) is 15.4. The van der Waals surface area contributed by atoms with Crippen LogP contribution in [0, 0.1) is 24.4 Å². The molecule has 2 aromatic carbocycles. The molecule has 1 N–H and O–H groups in total. The van der Waals surface area contributed by atoms with E-state index in [1.54, 1.807) is 7.11 Å². The third-order valence-electron chi connectivity index (χ3n) is 5.23. The van der Waals surface area contributed by atoms with E-state index in [1.807, 2.05) is 31.3 Å². The van der Waals surface area contributed by atoms with Gasteiger partial charge in [0, 0.05) is 48.7 Å². The van der Waals surface area contributed by atoms with E-state index in [-0.39, 0.29) is 18.1 Å². The van der Waals surface area contributed by atoms with Gasteiger partial charge in [-0.2, -0.15) is 9.37 Å². The number of anilines is 2. The highest BCUT2D eigenvalue weighted by Crippen LogP contribution is 2.28. The van der Waals surface area contributed by atoms with Crippen LogP contribution in [-0.4, -0.2) is 27.8 Å². The van der Waals surface area contributed by atoms with E-state index < -0.39 is 23.0 Å². The largest absolute Gasteiger partial charge is 0.383 e. The summed E-state index contributed by atoms with van der Waals surface area (Å²) in [5.74, 6) is -2.50. The van der Waals surface area contributed by atoms with Crippen LogP contribution in [0.15, 0.2) is 53.6 Å². The molecule has 0 radical (unpaired) electrons. The molecule has 32 heavy (non-hydrogen) atoms. The number of ether oxygens (including phenoxy) is 1. The number of nitrogens with one attached hydrogen (secondary N) is 1. The van der Waals surface area contributed by atoms with E-state index in [0.717, 1.165) is 40.9 Å². The predicted octanol–water partition coefficient (Wildman–Crippen LogP) is 4.36. The Morgan fingerprint density at radius 1 is 1.06 bits per heavy atom. The lowest BCUT2D eigenvalue weighted by Crippen LogP contribution is -2.20. The maximum Gasteiger partial charge on any atom is 0.310 e. The molecule has 0 atom stereocenters. The van der Waals surface area contributed by atoms with Crippen LogP contribution in [0.2, 0.25) is 0 Å². The Labute approximate surface area is 181 Å². The Kier molecular flexibility index (Phi) is 6.00. The lowest BCUT2D eigenvalue weighted by Gasteiger charge is -2.16. The van der Waals surface area contributed by atoms with Crippen LogP contribution < -0.4 is 10.9 Å². The van der Waals surface area contributed by atoms with Gasteiger partial charge in [-0.1, -0.05) is 0 Å². The Bertz CT molecular complexity index is 1330. The Morgan fingerprint density at radius 3 is 2.53 bits per heavy atom. The summed E-state index contributed by atoms with van der Waals surface area (Å²) in [5.41, 5.74) is 1.82. The van der Waals surface area contributed by atoms with Crippen molar-refractivity contribution < 1.29 is 17.9 Å². The number of aromatic nitrogens is 3. The second-order valence-electron chi connectivity index (χ2n) is 7.42. The number of nitrogens with zero attached hydrogens (tertiary/aromatic N) is 3. The molecule has 0 amide bonds. The number of fused-ring (bicyclic) bond motifs is 1. The number of hydrogen-bond acceptors (Lipinski definition) is 4. The van der Waals surface area contributed by atoms with Crippen LogP contribution in [0.1, 0.15) is 11.1 Å². The summed E-state index contributed by atoms with van der Waals surface area (Å²) in [6.45, 7) is 3.11. The zero-order valence-corrected chi connectivity index (χ0v) is 17.5. The van der Waals surface area contributed by atoms with Gasteiger partial charge in [-0.3, -0.25) is 4.79 Å². The predicted molar refractivity (Wildman–Crippen MR) is 116 cm³/mol. The van der Waals surface area contributed by atoms with Crippen LogP contribution in [-0.2, 0) is 17.8 Å². The molecule has 0 spiro atoms. The standard InChI is InChI=1S/C23H21F3N4O2/c1-14-18-5-6-29(7-8-32-2)21(18)4-3-20(14)27-23-28-22(31)19(26)13-30(23)12-15-9-16(24)11-17(25)10-15/h3-6,9-11,13H,7-8,12H2,1-2H3,(H,27,28,31).